The highest BCUT2D eigenvalue weighted by molar-refractivity contribution is 5.62. The van der Waals surface area contributed by atoms with Gasteiger partial charge in [-0.05, 0) is 13.8 Å². The molecule has 1 N–H and O–H groups in total. The summed E-state index contributed by atoms with van der Waals surface area (Å²) in [6, 6.07) is 0. The molecule has 0 saturated carbocycles. The number of hydrogen-bond donors (Lipinski definition) is 1. The van der Waals surface area contributed by atoms with Crippen LogP contribution in [0.25, 0.3) is 0 Å². The standard InChI is InChI=1S/C11H17N5O3/c1-3-12-11-13-8(2)9(16(17)18)10(14-11)15-4-6-19-7-5-15/h3-7H2,1-2H3,(H,12,13,14). The van der Waals surface area contributed by atoms with Gasteiger partial charge in [-0.1, -0.05) is 0 Å². The molecule has 8 heteroatoms. The molecule has 104 valence electrons. The topological polar surface area (TPSA) is 93.4 Å². The Balaban J connectivity index is 2.43. The fourth-order valence-corrected chi connectivity index (χ4v) is 2.00. The summed E-state index contributed by atoms with van der Waals surface area (Å²) in [5.74, 6) is 0.795. The first-order valence-corrected chi connectivity index (χ1v) is 6.23. The number of morpholine rings is 1. The summed E-state index contributed by atoms with van der Waals surface area (Å²) in [5, 5.41) is 14.2. The van der Waals surface area contributed by atoms with Crippen molar-refractivity contribution in [2.24, 2.45) is 0 Å². The van der Waals surface area contributed by atoms with E-state index in [0.29, 0.717) is 50.3 Å². The number of nitro groups is 1. The second kappa shape index (κ2) is 5.79. The fourth-order valence-electron chi connectivity index (χ4n) is 2.00. The van der Waals surface area contributed by atoms with Gasteiger partial charge in [0.2, 0.25) is 11.8 Å². The quantitative estimate of drug-likeness (QED) is 0.641. The first kappa shape index (κ1) is 13.5. The molecule has 0 spiro atoms. The minimum atomic E-state index is -0.421. The number of aryl methyl sites for hydroxylation is 1. The van der Waals surface area contributed by atoms with Crippen molar-refractivity contribution in [3.8, 4) is 0 Å². The Hall–Kier alpha value is -1.96. The molecular weight excluding hydrogens is 250 g/mol. The molecule has 0 unspecified atom stereocenters. The maximum atomic E-state index is 11.2. The third-order valence-corrected chi connectivity index (χ3v) is 2.87. The molecule has 0 atom stereocenters. The van der Waals surface area contributed by atoms with Gasteiger partial charge in [0.15, 0.2) is 0 Å². The van der Waals surface area contributed by atoms with Crippen molar-refractivity contribution >= 4 is 17.5 Å². The Morgan fingerprint density at radius 2 is 2.11 bits per heavy atom. The van der Waals surface area contributed by atoms with Crippen molar-refractivity contribution in [3.63, 3.8) is 0 Å². The van der Waals surface area contributed by atoms with Crippen LogP contribution in [0.5, 0.6) is 0 Å². The van der Waals surface area contributed by atoms with Crippen LogP contribution in [-0.2, 0) is 4.74 Å². The van der Waals surface area contributed by atoms with E-state index < -0.39 is 4.92 Å². The highest BCUT2D eigenvalue weighted by Gasteiger charge is 2.27. The molecule has 2 rings (SSSR count). The zero-order valence-corrected chi connectivity index (χ0v) is 11.0. The van der Waals surface area contributed by atoms with Crippen LogP contribution < -0.4 is 10.2 Å². The molecule has 1 aliphatic rings. The van der Waals surface area contributed by atoms with Crippen molar-refractivity contribution in [2.75, 3.05) is 43.1 Å². The van der Waals surface area contributed by atoms with Gasteiger partial charge in [0.1, 0.15) is 5.69 Å². The number of ether oxygens (including phenoxy) is 1. The van der Waals surface area contributed by atoms with Gasteiger partial charge in [-0.25, -0.2) is 4.98 Å². The summed E-state index contributed by atoms with van der Waals surface area (Å²) >= 11 is 0. The van der Waals surface area contributed by atoms with Crippen molar-refractivity contribution in [2.45, 2.75) is 13.8 Å². The van der Waals surface area contributed by atoms with Crippen LogP contribution in [0.15, 0.2) is 0 Å². The van der Waals surface area contributed by atoms with Gasteiger partial charge in [-0.3, -0.25) is 10.1 Å². The number of anilines is 2. The van der Waals surface area contributed by atoms with E-state index in [2.05, 4.69) is 15.3 Å². The molecule has 0 bridgehead atoms. The van der Waals surface area contributed by atoms with Gasteiger partial charge in [-0.2, -0.15) is 4.98 Å². The van der Waals surface area contributed by atoms with Gasteiger partial charge in [0, 0.05) is 19.6 Å². The molecule has 0 radical (unpaired) electrons. The first-order valence-electron chi connectivity index (χ1n) is 6.23. The minimum Gasteiger partial charge on any atom is -0.378 e. The maximum Gasteiger partial charge on any atom is 0.332 e. The normalized spacial score (nSPS) is 15.4. The molecule has 1 aromatic heterocycles. The summed E-state index contributed by atoms with van der Waals surface area (Å²) in [5.41, 5.74) is 0.348. The summed E-state index contributed by atoms with van der Waals surface area (Å²) in [6.07, 6.45) is 0. The molecule has 1 saturated heterocycles. The highest BCUT2D eigenvalue weighted by Crippen LogP contribution is 2.30. The Bertz CT molecular complexity index is 474. The van der Waals surface area contributed by atoms with Crippen LogP contribution in [0.3, 0.4) is 0 Å². The smallest absolute Gasteiger partial charge is 0.332 e. The monoisotopic (exact) mass is 267 g/mol. The van der Waals surface area contributed by atoms with Gasteiger partial charge >= 0.3 is 5.69 Å². The van der Waals surface area contributed by atoms with E-state index in [1.807, 2.05) is 11.8 Å². The van der Waals surface area contributed by atoms with E-state index in [0.717, 1.165) is 0 Å². The fraction of sp³-hybridized carbons (Fsp3) is 0.636. The highest BCUT2D eigenvalue weighted by atomic mass is 16.6. The van der Waals surface area contributed by atoms with Gasteiger partial charge < -0.3 is 15.0 Å². The predicted molar refractivity (Wildman–Crippen MR) is 70.6 cm³/mol. The number of aromatic nitrogens is 2. The van der Waals surface area contributed by atoms with E-state index in [4.69, 9.17) is 4.74 Å². The summed E-state index contributed by atoms with van der Waals surface area (Å²) < 4.78 is 5.26. The van der Waals surface area contributed by atoms with Crippen molar-refractivity contribution in [1.82, 2.24) is 9.97 Å². The van der Waals surface area contributed by atoms with Crippen LogP contribution in [0.4, 0.5) is 17.5 Å². The molecule has 2 heterocycles. The molecule has 0 aliphatic carbocycles. The lowest BCUT2D eigenvalue weighted by Crippen LogP contribution is -2.37. The lowest BCUT2D eigenvalue weighted by Gasteiger charge is -2.27. The largest absolute Gasteiger partial charge is 0.378 e. The molecule has 1 fully saturated rings. The predicted octanol–water partition coefficient (Wildman–Crippen LogP) is 0.962. The first-order chi connectivity index (χ1) is 9.13. The summed E-state index contributed by atoms with van der Waals surface area (Å²) in [7, 11) is 0. The van der Waals surface area contributed by atoms with Crippen LogP contribution in [-0.4, -0.2) is 47.7 Å². The third kappa shape index (κ3) is 2.90. The Morgan fingerprint density at radius 1 is 1.42 bits per heavy atom. The summed E-state index contributed by atoms with van der Waals surface area (Å²) in [4.78, 5) is 21.0. The summed E-state index contributed by atoms with van der Waals surface area (Å²) in [6.45, 7) is 6.53. The average molecular weight is 267 g/mol. The second-order valence-corrected chi connectivity index (χ2v) is 4.19. The van der Waals surface area contributed by atoms with Crippen LogP contribution in [0, 0.1) is 17.0 Å². The lowest BCUT2D eigenvalue weighted by atomic mass is 10.3. The second-order valence-electron chi connectivity index (χ2n) is 4.19. The molecule has 1 aliphatic heterocycles. The van der Waals surface area contributed by atoms with Crippen LogP contribution in [0.2, 0.25) is 0 Å². The molecule has 8 nitrogen and oxygen atoms in total. The zero-order valence-electron chi connectivity index (χ0n) is 11.0. The molecule has 0 aromatic carbocycles. The molecule has 0 amide bonds. The van der Waals surface area contributed by atoms with Gasteiger partial charge in [0.05, 0.1) is 18.1 Å². The van der Waals surface area contributed by atoms with Gasteiger partial charge in [0.25, 0.3) is 0 Å². The molecule has 1 aromatic rings. The van der Waals surface area contributed by atoms with Gasteiger partial charge in [-0.15, -0.1) is 0 Å². The van der Waals surface area contributed by atoms with Crippen molar-refractivity contribution in [1.29, 1.82) is 0 Å². The lowest BCUT2D eigenvalue weighted by molar-refractivity contribution is -0.385. The van der Waals surface area contributed by atoms with Crippen LogP contribution >= 0.6 is 0 Å². The third-order valence-electron chi connectivity index (χ3n) is 2.87. The molecule has 19 heavy (non-hydrogen) atoms. The average Bonchev–Trinajstić information content (AvgIpc) is 2.39. The minimum absolute atomic E-state index is 0.0245. The Kier molecular flexibility index (Phi) is 4.10. The molecular formula is C11H17N5O3. The maximum absolute atomic E-state index is 11.2. The van der Waals surface area contributed by atoms with E-state index in [-0.39, 0.29) is 5.69 Å². The number of nitrogens with zero attached hydrogens (tertiary/aromatic N) is 4. The number of rotatable bonds is 4. The zero-order chi connectivity index (χ0) is 13.8. The van der Waals surface area contributed by atoms with E-state index >= 15 is 0 Å². The van der Waals surface area contributed by atoms with Crippen molar-refractivity contribution in [3.05, 3.63) is 15.8 Å². The van der Waals surface area contributed by atoms with Crippen molar-refractivity contribution < 1.29 is 9.66 Å². The SMILES string of the molecule is CCNc1nc(C)c([N+](=O)[O-])c(N2CCOCC2)n1. The number of hydrogen-bond acceptors (Lipinski definition) is 7. The van der Waals surface area contributed by atoms with Crippen LogP contribution in [0.1, 0.15) is 12.6 Å². The Labute approximate surface area is 110 Å². The van der Waals surface area contributed by atoms with E-state index in [9.17, 15) is 10.1 Å². The Morgan fingerprint density at radius 3 is 2.68 bits per heavy atom. The van der Waals surface area contributed by atoms with E-state index in [1.54, 1.807) is 6.92 Å². The van der Waals surface area contributed by atoms with E-state index in [1.165, 1.54) is 0 Å². The number of nitrogens with one attached hydrogen (secondary N) is 1.